The van der Waals surface area contributed by atoms with Crippen molar-refractivity contribution in [1.82, 2.24) is 14.5 Å². The molecule has 29 heavy (non-hydrogen) atoms. The molecule has 2 amide bonds. The first kappa shape index (κ1) is 21.1. The number of ether oxygens (including phenoxy) is 2. The largest absolute Gasteiger partial charge is 0.491 e. The third-order valence-electron chi connectivity index (χ3n) is 5.08. The van der Waals surface area contributed by atoms with E-state index in [-0.39, 0.29) is 18.0 Å². The maximum absolute atomic E-state index is 13.0. The summed E-state index contributed by atoms with van der Waals surface area (Å²) in [6, 6.07) is 2.93. The number of carbonyl (C=O) groups is 2. The molecule has 1 fully saturated rings. The lowest BCUT2D eigenvalue weighted by molar-refractivity contribution is -0.135. The van der Waals surface area contributed by atoms with Gasteiger partial charge in [-0.15, -0.1) is 0 Å². The summed E-state index contributed by atoms with van der Waals surface area (Å²) in [5.41, 5.74) is 7.48. The van der Waals surface area contributed by atoms with Gasteiger partial charge in [-0.05, 0) is 25.0 Å². The number of benzene rings is 1. The molecule has 1 aromatic heterocycles. The van der Waals surface area contributed by atoms with Crippen LogP contribution in [0.25, 0.3) is 11.0 Å². The van der Waals surface area contributed by atoms with Crippen LogP contribution in [0.15, 0.2) is 16.9 Å². The quantitative estimate of drug-likeness (QED) is 0.467. The molecule has 1 aliphatic rings. The van der Waals surface area contributed by atoms with Crippen molar-refractivity contribution >= 4 is 22.8 Å². The fraction of sp³-hybridized carbons (Fsp3) is 0.550. The van der Waals surface area contributed by atoms with Gasteiger partial charge in [0.25, 0.3) is 0 Å². The summed E-state index contributed by atoms with van der Waals surface area (Å²) in [6.07, 6.45) is 2.12. The van der Waals surface area contributed by atoms with E-state index in [2.05, 4.69) is 12.2 Å². The number of aromatic nitrogens is 2. The fourth-order valence-electron chi connectivity index (χ4n) is 3.79. The zero-order valence-corrected chi connectivity index (χ0v) is 16.9. The van der Waals surface area contributed by atoms with E-state index in [1.165, 1.54) is 4.57 Å². The molecule has 3 N–H and O–H groups in total. The van der Waals surface area contributed by atoms with Gasteiger partial charge in [0.1, 0.15) is 18.4 Å². The Morgan fingerprint density at radius 3 is 2.69 bits per heavy atom. The minimum absolute atomic E-state index is 0.213. The monoisotopic (exact) mass is 404 g/mol. The zero-order chi connectivity index (χ0) is 21.0. The number of rotatable bonds is 9. The summed E-state index contributed by atoms with van der Waals surface area (Å²) in [4.78, 5) is 36.9. The summed E-state index contributed by atoms with van der Waals surface area (Å²) in [5, 5.41) is 2.33. The van der Waals surface area contributed by atoms with Gasteiger partial charge in [0.15, 0.2) is 0 Å². The Morgan fingerprint density at radius 2 is 2.00 bits per heavy atom. The minimum Gasteiger partial charge on any atom is -0.491 e. The van der Waals surface area contributed by atoms with Crippen molar-refractivity contribution in [1.29, 1.82) is 0 Å². The van der Waals surface area contributed by atoms with E-state index in [0.717, 1.165) is 23.9 Å². The van der Waals surface area contributed by atoms with Crippen molar-refractivity contribution in [2.45, 2.75) is 38.6 Å². The molecular weight excluding hydrogens is 376 g/mol. The Kier molecular flexibility index (Phi) is 6.71. The lowest BCUT2D eigenvalue weighted by Gasteiger charge is -2.22. The molecule has 3 rings (SSSR count). The summed E-state index contributed by atoms with van der Waals surface area (Å²) in [6.45, 7) is 3.81. The molecule has 2 heterocycles. The number of nitrogens with zero attached hydrogens (tertiary/aromatic N) is 2. The number of nitrogens with two attached hydrogens (primary N) is 1. The van der Waals surface area contributed by atoms with E-state index in [9.17, 15) is 14.4 Å². The molecule has 2 aromatic rings. The molecule has 0 bridgehead atoms. The Labute approximate surface area is 168 Å². The smallest absolute Gasteiger partial charge is 0.329 e. The van der Waals surface area contributed by atoms with Gasteiger partial charge >= 0.3 is 5.69 Å². The second-order valence-corrected chi connectivity index (χ2v) is 7.09. The highest BCUT2D eigenvalue weighted by molar-refractivity contribution is 6.00. The SMILES string of the molecule is CCCc1c(OCCOCCN)ccc2c1n(C)c(=O)n2C1CCC(=O)NC1=O. The molecule has 1 aromatic carbocycles. The number of imidazole rings is 1. The number of aryl methyl sites for hydroxylation is 2. The van der Waals surface area contributed by atoms with Crippen LogP contribution < -0.4 is 21.5 Å². The van der Waals surface area contributed by atoms with Crippen LogP contribution >= 0.6 is 0 Å². The maximum Gasteiger partial charge on any atom is 0.329 e. The molecule has 0 aliphatic carbocycles. The highest BCUT2D eigenvalue weighted by atomic mass is 16.5. The molecule has 1 aliphatic heterocycles. The van der Waals surface area contributed by atoms with E-state index in [4.69, 9.17) is 15.2 Å². The predicted octanol–water partition coefficient (Wildman–Crippen LogP) is 0.624. The number of imide groups is 1. The Hall–Kier alpha value is -2.65. The van der Waals surface area contributed by atoms with Crippen molar-refractivity contribution < 1.29 is 19.1 Å². The number of nitrogens with one attached hydrogen (secondary N) is 1. The van der Waals surface area contributed by atoms with Crippen LogP contribution in [0.5, 0.6) is 5.75 Å². The number of amides is 2. The van der Waals surface area contributed by atoms with Crippen LogP contribution in [-0.4, -0.2) is 47.3 Å². The third-order valence-corrected chi connectivity index (χ3v) is 5.08. The van der Waals surface area contributed by atoms with Gasteiger partial charge in [-0.2, -0.15) is 0 Å². The first-order valence-electron chi connectivity index (χ1n) is 9.96. The second kappa shape index (κ2) is 9.23. The van der Waals surface area contributed by atoms with E-state index < -0.39 is 11.9 Å². The molecule has 1 atom stereocenters. The van der Waals surface area contributed by atoms with Crippen LogP contribution in [0.3, 0.4) is 0 Å². The van der Waals surface area contributed by atoms with Gasteiger partial charge in [0.05, 0.1) is 24.2 Å². The average molecular weight is 404 g/mol. The second-order valence-electron chi connectivity index (χ2n) is 7.09. The first-order valence-corrected chi connectivity index (χ1v) is 9.96. The van der Waals surface area contributed by atoms with Crippen LogP contribution in [0.1, 0.15) is 37.8 Å². The highest BCUT2D eigenvalue weighted by Crippen LogP contribution is 2.31. The average Bonchev–Trinajstić information content (AvgIpc) is 2.94. The fourth-order valence-corrected chi connectivity index (χ4v) is 3.79. The van der Waals surface area contributed by atoms with E-state index in [1.807, 2.05) is 6.07 Å². The van der Waals surface area contributed by atoms with Gasteiger partial charge < -0.3 is 15.2 Å². The van der Waals surface area contributed by atoms with Gasteiger partial charge in [0.2, 0.25) is 11.8 Å². The molecule has 0 saturated carbocycles. The van der Waals surface area contributed by atoms with E-state index >= 15 is 0 Å². The first-order chi connectivity index (χ1) is 14.0. The number of fused-ring (bicyclic) bond motifs is 1. The molecule has 9 nitrogen and oxygen atoms in total. The number of hydrogen-bond donors (Lipinski definition) is 2. The molecule has 1 saturated heterocycles. The molecule has 9 heteroatoms. The topological polar surface area (TPSA) is 118 Å². The Bertz CT molecular complexity index is 962. The number of hydrogen-bond acceptors (Lipinski definition) is 6. The molecule has 158 valence electrons. The van der Waals surface area contributed by atoms with Crippen molar-refractivity contribution in [2.24, 2.45) is 12.8 Å². The Balaban J connectivity index is 2.00. The minimum atomic E-state index is -0.699. The van der Waals surface area contributed by atoms with Crippen LogP contribution in [0, 0.1) is 0 Å². The van der Waals surface area contributed by atoms with Crippen LogP contribution in [0.4, 0.5) is 0 Å². The Morgan fingerprint density at radius 1 is 1.21 bits per heavy atom. The van der Waals surface area contributed by atoms with Gasteiger partial charge in [0, 0.05) is 25.6 Å². The maximum atomic E-state index is 13.0. The summed E-state index contributed by atoms with van der Waals surface area (Å²) in [5.74, 6) is -0.0456. The number of piperidine rings is 1. The molecule has 1 unspecified atom stereocenters. The van der Waals surface area contributed by atoms with Crippen LogP contribution in [0.2, 0.25) is 0 Å². The highest BCUT2D eigenvalue weighted by Gasteiger charge is 2.32. The van der Waals surface area contributed by atoms with Gasteiger partial charge in [-0.1, -0.05) is 13.3 Å². The number of carbonyl (C=O) groups excluding carboxylic acids is 2. The molecular formula is C20H28N4O5. The lowest BCUT2D eigenvalue weighted by Crippen LogP contribution is -2.44. The van der Waals surface area contributed by atoms with E-state index in [0.29, 0.717) is 44.1 Å². The standard InChI is InChI=1S/C20H28N4O5/c1-3-4-13-16(29-12-11-28-10-9-21)7-5-14-18(13)23(2)20(27)24(14)15-6-8-17(25)22-19(15)26/h5,7,15H,3-4,6,8-12,21H2,1-2H3,(H,22,25,26). The molecule has 0 radical (unpaired) electrons. The summed E-state index contributed by atoms with van der Waals surface area (Å²) >= 11 is 0. The van der Waals surface area contributed by atoms with Gasteiger partial charge in [-0.3, -0.25) is 24.0 Å². The predicted molar refractivity (Wildman–Crippen MR) is 108 cm³/mol. The van der Waals surface area contributed by atoms with Crippen molar-refractivity contribution in [3.63, 3.8) is 0 Å². The zero-order valence-electron chi connectivity index (χ0n) is 16.9. The van der Waals surface area contributed by atoms with Crippen LogP contribution in [-0.2, 0) is 27.8 Å². The van der Waals surface area contributed by atoms with Crippen molar-refractivity contribution in [2.75, 3.05) is 26.4 Å². The van der Waals surface area contributed by atoms with Gasteiger partial charge in [-0.25, -0.2) is 4.79 Å². The van der Waals surface area contributed by atoms with E-state index in [1.54, 1.807) is 17.7 Å². The molecule has 0 spiro atoms. The third kappa shape index (κ3) is 4.20. The van der Waals surface area contributed by atoms with Crippen molar-refractivity contribution in [3.8, 4) is 5.75 Å². The lowest BCUT2D eigenvalue weighted by atomic mass is 10.0. The summed E-state index contributed by atoms with van der Waals surface area (Å²) < 4.78 is 14.3. The normalized spacial score (nSPS) is 17.0. The summed E-state index contributed by atoms with van der Waals surface area (Å²) in [7, 11) is 1.69. The van der Waals surface area contributed by atoms with Crippen molar-refractivity contribution in [3.05, 3.63) is 28.2 Å².